The second-order valence-corrected chi connectivity index (χ2v) is 9.95. The SMILES string of the molecule is CN=CC(=CN)c1cc(OC)cc([C@@H](C)NC(=O)c2cc(N3C[C@H]4CC[C@@H](C3)N4CCO)ccc2C)c1. The zero-order valence-electron chi connectivity index (χ0n) is 22.3. The first kappa shape index (κ1) is 26.7. The number of benzene rings is 2. The summed E-state index contributed by atoms with van der Waals surface area (Å²) in [5.74, 6) is 0.577. The Balaban J connectivity index is 1.52. The number of methoxy groups -OCH3 is 1. The molecular formula is C29H39N5O3. The van der Waals surface area contributed by atoms with Gasteiger partial charge in [0.2, 0.25) is 0 Å². The van der Waals surface area contributed by atoms with Crippen LogP contribution in [-0.2, 0) is 0 Å². The van der Waals surface area contributed by atoms with Gasteiger partial charge in [-0.3, -0.25) is 14.7 Å². The van der Waals surface area contributed by atoms with Crippen LogP contribution in [0.4, 0.5) is 5.69 Å². The summed E-state index contributed by atoms with van der Waals surface area (Å²) in [6, 6.07) is 12.6. The number of aliphatic hydroxyl groups excluding tert-OH is 1. The van der Waals surface area contributed by atoms with Gasteiger partial charge in [0.15, 0.2) is 0 Å². The monoisotopic (exact) mass is 505 g/mol. The molecular weight excluding hydrogens is 466 g/mol. The number of hydrogen-bond donors (Lipinski definition) is 3. The lowest BCUT2D eigenvalue weighted by molar-refractivity contribution is 0.0939. The molecule has 2 fully saturated rings. The largest absolute Gasteiger partial charge is 0.497 e. The number of aliphatic hydroxyl groups is 1. The van der Waals surface area contributed by atoms with E-state index in [2.05, 4.69) is 26.2 Å². The first-order valence-corrected chi connectivity index (χ1v) is 12.9. The van der Waals surface area contributed by atoms with Crippen LogP contribution < -0.4 is 20.7 Å². The van der Waals surface area contributed by atoms with E-state index in [-0.39, 0.29) is 18.6 Å². The number of carbonyl (C=O) groups is 1. The smallest absolute Gasteiger partial charge is 0.252 e. The summed E-state index contributed by atoms with van der Waals surface area (Å²) >= 11 is 0. The van der Waals surface area contributed by atoms with Crippen molar-refractivity contribution in [3.05, 3.63) is 64.9 Å². The first-order chi connectivity index (χ1) is 17.9. The summed E-state index contributed by atoms with van der Waals surface area (Å²) in [6.45, 7) is 6.71. The third-order valence-electron chi connectivity index (χ3n) is 7.62. The average molecular weight is 506 g/mol. The number of nitrogens with two attached hydrogens (primary N) is 1. The maximum absolute atomic E-state index is 13.4. The number of ether oxygens (including phenoxy) is 1. The van der Waals surface area contributed by atoms with Crippen molar-refractivity contribution >= 4 is 23.4 Å². The standard InChI is InChI=1S/C29H39N5O3/c1-19-5-6-24(33-17-25-7-8-26(18-33)34(25)9-10-35)14-28(19)29(36)32-20(2)21-11-22(13-27(12-21)37-4)23(15-30)16-31-3/h5-6,11-16,20,25-26,35H,7-10,17-18,30H2,1-4H3,(H,32,36)/t20-,25-,26+/m1/s1. The molecule has 2 heterocycles. The van der Waals surface area contributed by atoms with Crippen molar-refractivity contribution in [2.45, 2.75) is 44.8 Å². The predicted octanol–water partition coefficient (Wildman–Crippen LogP) is 3.14. The molecule has 8 heteroatoms. The Kier molecular flexibility index (Phi) is 8.51. The molecule has 2 saturated heterocycles. The quantitative estimate of drug-likeness (QED) is 0.453. The molecule has 0 aromatic heterocycles. The fraction of sp³-hybridized carbons (Fsp3) is 0.448. The van der Waals surface area contributed by atoms with E-state index in [0.29, 0.717) is 23.4 Å². The third kappa shape index (κ3) is 5.81. The maximum Gasteiger partial charge on any atom is 0.252 e. The molecule has 3 atom stereocenters. The number of hydrogen-bond acceptors (Lipinski definition) is 7. The Morgan fingerprint density at radius 1 is 1.24 bits per heavy atom. The molecule has 2 aromatic rings. The minimum atomic E-state index is -0.250. The van der Waals surface area contributed by atoms with Crippen LogP contribution in [0.25, 0.3) is 5.57 Å². The molecule has 0 aliphatic carbocycles. The number of carbonyl (C=O) groups excluding carboxylic acids is 1. The van der Waals surface area contributed by atoms with E-state index in [1.807, 2.05) is 44.2 Å². The van der Waals surface area contributed by atoms with Crippen LogP contribution in [0, 0.1) is 6.92 Å². The average Bonchev–Trinajstić information content (AvgIpc) is 3.13. The van der Waals surface area contributed by atoms with Crippen molar-refractivity contribution in [3.63, 3.8) is 0 Å². The van der Waals surface area contributed by atoms with Crippen LogP contribution in [-0.4, -0.2) is 74.6 Å². The molecule has 1 amide bonds. The zero-order valence-corrected chi connectivity index (χ0v) is 22.3. The second kappa shape index (κ2) is 11.8. The Hall–Kier alpha value is -3.36. The lowest BCUT2D eigenvalue weighted by Gasteiger charge is -2.42. The van der Waals surface area contributed by atoms with Gasteiger partial charge in [0.05, 0.1) is 19.8 Å². The first-order valence-electron chi connectivity index (χ1n) is 12.9. The van der Waals surface area contributed by atoms with Crippen molar-refractivity contribution in [3.8, 4) is 5.75 Å². The molecule has 0 saturated carbocycles. The highest BCUT2D eigenvalue weighted by atomic mass is 16.5. The number of aliphatic imine (C=N–C) groups is 1. The van der Waals surface area contributed by atoms with Gasteiger partial charge in [0, 0.05) is 68.0 Å². The molecule has 2 aliphatic heterocycles. The van der Waals surface area contributed by atoms with Crippen LogP contribution in [0.5, 0.6) is 5.75 Å². The molecule has 2 bridgehead atoms. The fourth-order valence-corrected chi connectivity index (χ4v) is 5.60. The van der Waals surface area contributed by atoms with Gasteiger partial charge in [-0.15, -0.1) is 0 Å². The number of allylic oxidation sites excluding steroid dienone is 1. The van der Waals surface area contributed by atoms with E-state index in [1.165, 1.54) is 6.20 Å². The topological polar surface area (TPSA) is 103 Å². The van der Waals surface area contributed by atoms with E-state index in [9.17, 15) is 9.90 Å². The van der Waals surface area contributed by atoms with Gasteiger partial charge in [-0.05, 0) is 73.7 Å². The number of rotatable bonds is 9. The Morgan fingerprint density at radius 3 is 2.59 bits per heavy atom. The number of fused-ring (bicyclic) bond motifs is 2. The molecule has 198 valence electrons. The number of aryl methyl sites for hydroxylation is 1. The molecule has 4 rings (SSSR count). The Bertz CT molecular complexity index is 1160. The van der Waals surface area contributed by atoms with Crippen molar-refractivity contribution in [1.29, 1.82) is 0 Å². The van der Waals surface area contributed by atoms with E-state index < -0.39 is 0 Å². The van der Waals surface area contributed by atoms with Gasteiger partial charge in [0.25, 0.3) is 5.91 Å². The summed E-state index contributed by atoms with van der Waals surface area (Å²) < 4.78 is 5.51. The number of amides is 1. The summed E-state index contributed by atoms with van der Waals surface area (Å²) in [5, 5.41) is 12.6. The number of anilines is 1. The zero-order chi connectivity index (χ0) is 26.5. The van der Waals surface area contributed by atoms with Gasteiger partial charge in [-0.25, -0.2) is 0 Å². The Labute approximate surface area is 219 Å². The number of nitrogens with zero attached hydrogens (tertiary/aromatic N) is 3. The highest BCUT2D eigenvalue weighted by Crippen LogP contribution is 2.33. The molecule has 37 heavy (non-hydrogen) atoms. The van der Waals surface area contributed by atoms with Crippen molar-refractivity contribution in [2.75, 3.05) is 45.3 Å². The number of nitrogens with one attached hydrogen (secondary N) is 1. The lowest BCUT2D eigenvalue weighted by atomic mass is 9.99. The summed E-state index contributed by atoms with van der Waals surface area (Å²) in [4.78, 5) is 22.4. The highest BCUT2D eigenvalue weighted by Gasteiger charge is 2.39. The van der Waals surface area contributed by atoms with Crippen LogP contribution in [0.3, 0.4) is 0 Å². The van der Waals surface area contributed by atoms with E-state index >= 15 is 0 Å². The second-order valence-electron chi connectivity index (χ2n) is 9.95. The molecule has 4 N–H and O–H groups in total. The van der Waals surface area contributed by atoms with E-state index in [0.717, 1.165) is 60.4 Å². The van der Waals surface area contributed by atoms with Crippen LogP contribution in [0.15, 0.2) is 47.6 Å². The fourth-order valence-electron chi connectivity index (χ4n) is 5.60. The molecule has 2 aromatic carbocycles. The molecule has 0 spiro atoms. The van der Waals surface area contributed by atoms with Crippen molar-refractivity contribution in [1.82, 2.24) is 10.2 Å². The van der Waals surface area contributed by atoms with Crippen LogP contribution in [0.2, 0.25) is 0 Å². The van der Waals surface area contributed by atoms with Gasteiger partial charge in [-0.2, -0.15) is 0 Å². The minimum Gasteiger partial charge on any atom is -0.497 e. The van der Waals surface area contributed by atoms with Gasteiger partial charge >= 0.3 is 0 Å². The van der Waals surface area contributed by atoms with Gasteiger partial charge in [-0.1, -0.05) is 6.07 Å². The van der Waals surface area contributed by atoms with E-state index in [4.69, 9.17) is 10.5 Å². The van der Waals surface area contributed by atoms with Crippen molar-refractivity contribution < 1.29 is 14.6 Å². The van der Waals surface area contributed by atoms with Crippen molar-refractivity contribution in [2.24, 2.45) is 10.7 Å². The summed E-state index contributed by atoms with van der Waals surface area (Å²) in [6.07, 6.45) is 5.53. The normalized spacial score (nSPS) is 20.9. The predicted molar refractivity (Wildman–Crippen MR) is 149 cm³/mol. The third-order valence-corrected chi connectivity index (χ3v) is 7.62. The molecule has 2 aliphatic rings. The Morgan fingerprint density at radius 2 is 1.97 bits per heavy atom. The highest BCUT2D eigenvalue weighted by molar-refractivity contribution is 6.09. The van der Waals surface area contributed by atoms with Crippen LogP contribution >= 0.6 is 0 Å². The molecule has 0 unspecified atom stereocenters. The summed E-state index contributed by atoms with van der Waals surface area (Å²) in [7, 11) is 3.32. The minimum absolute atomic E-state index is 0.109. The summed E-state index contributed by atoms with van der Waals surface area (Å²) in [5.41, 5.74) is 11.1. The van der Waals surface area contributed by atoms with Gasteiger partial charge in [0.1, 0.15) is 5.75 Å². The number of piperazine rings is 1. The molecule has 8 nitrogen and oxygen atoms in total. The van der Waals surface area contributed by atoms with Gasteiger partial charge < -0.3 is 25.8 Å². The van der Waals surface area contributed by atoms with Crippen LogP contribution in [0.1, 0.15) is 52.9 Å². The van der Waals surface area contributed by atoms with E-state index in [1.54, 1.807) is 20.4 Å². The molecule has 0 radical (unpaired) electrons. The maximum atomic E-state index is 13.4. The lowest BCUT2D eigenvalue weighted by Crippen LogP contribution is -2.54.